The lowest BCUT2D eigenvalue weighted by Crippen LogP contribution is -2.62. The fraction of sp³-hybridized carbons (Fsp3) is 0.950. The number of hydrazone groups is 1. The summed E-state index contributed by atoms with van der Waals surface area (Å²) in [6, 6.07) is 0. The van der Waals surface area contributed by atoms with Crippen molar-refractivity contribution in [1.29, 1.82) is 0 Å². The van der Waals surface area contributed by atoms with Gasteiger partial charge in [0.2, 0.25) is 0 Å². The van der Waals surface area contributed by atoms with Gasteiger partial charge in [0.25, 0.3) is 0 Å². The van der Waals surface area contributed by atoms with Gasteiger partial charge in [0.15, 0.2) is 0 Å². The fourth-order valence-corrected chi connectivity index (χ4v) is 7.59. The second-order valence-corrected chi connectivity index (χ2v) is 9.74. The van der Waals surface area contributed by atoms with E-state index in [1.165, 1.54) is 12.8 Å². The van der Waals surface area contributed by atoms with Crippen LogP contribution in [0.25, 0.3) is 0 Å². The van der Waals surface area contributed by atoms with Crippen molar-refractivity contribution in [2.45, 2.75) is 83.3 Å². The van der Waals surface area contributed by atoms with Gasteiger partial charge in [0, 0.05) is 17.5 Å². The minimum Gasteiger partial charge on any atom is -0.393 e. The van der Waals surface area contributed by atoms with E-state index in [1.54, 1.807) is 0 Å². The first-order valence-corrected chi connectivity index (χ1v) is 9.99. The summed E-state index contributed by atoms with van der Waals surface area (Å²) in [5.74, 6) is 7.41. The van der Waals surface area contributed by atoms with E-state index in [4.69, 9.17) is 5.84 Å². The number of hydrogen-bond donors (Lipinski definition) is 3. The van der Waals surface area contributed by atoms with Gasteiger partial charge in [-0.15, -0.1) is 0 Å². The Kier molecular flexibility index (Phi) is 3.82. The zero-order valence-electron chi connectivity index (χ0n) is 15.2. The highest BCUT2D eigenvalue weighted by Crippen LogP contribution is 2.68. The Hall–Kier alpha value is -0.610. The number of hydrogen-bond acceptors (Lipinski definition) is 4. The van der Waals surface area contributed by atoms with Gasteiger partial charge >= 0.3 is 0 Å². The summed E-state index contributed by atoms with van der Waals surface area (Å²) in [6.45, 7) is 4.74. The molecule has 0 aromatic heterocycles. The van der Waals surface area contributed by atoms with Crippen molar-refractivity contribution >= 4 is 6.21 Å². The third kappa shape index (κ3) is 2.02. The van der Waals surface area contributed by atoms with Crippen molar-refractivity contribution in [2.75, 3.05) is 0 Å². The molecule has 0 amide bonds. The number of fused-ring (bicyclic) bond motifs is 5. The van der Waals surface area contributed by atoms with Crippen molar-refractivity contribution in [3.63, 3.8) is 0 Å². The van der Waals surface area contributed by atoms with Crippen LogP contribution < -0.4 is 5.84 Å². The quantitative estimate of drug-likeness (QED) is 0.392. The Balaban J connectivity index is 1.66. The Bertz CT molecular complexity index is 538. The zero-order chi connectivity index (χ0) is 17.2. The summed E-state index contributed by atoms with van der Waals surface area (Å²) in [6.07, 6.45) is 11.3. The van der Waals surface area contributed by atoms with Crippen LogP contribution in [0.4, 0.5) is 0 Å². The maximum Gasteiger partial charge on any atom is 0.0738 e. The molecule has 0 bridgehead atoms. The number of aliphatic hydroxyl groups is 2. The molecule has 4 rings (SSSR count). The average Bonchev–Trinajstić information content (AvgIpc) is 2.81. The molecular formula is C20H34N2O2. The third-order valence-corrected chi connectivity index (χ3v) is 9.16. The van der Waals surface area contributed by atoms with Gasteiger partial charge in [-0.1, -0.05) is 13.8 Å². The SMILES string of the molecule is C[C@]12CC[C@H](O)C[C@H]1CC[C@@H]1[C@@H]2CC[C@]2(C)[C@@H](/C=N\N)CC[C@]12O. The molecule has 4 fully saturated rings. The first-order valence-electron chi connectivity index (χ1n) is 9.99. The zero-order valence-corrected chi connectivity index (χ0v) is 15.2. The molecule has 4 N–H and O–H groups in total. The van der Waals surface area contributed by atoms with Gasteiger partial charge in [-0.05, 0) is 81.0 Å². The minimum atomic E-state index is -0.564. The Morgan fingerprint density at radius 1 is 1.00 bits per heavy atom. The van der Waals surface area contributed by atoms with E-state index < -0.39 is 5.60 Å². The maximum atomic E-state index is 11.9. The second kappa shape index (κ2) is 5.44. The summed E-state index contributed by atoms with van der Waals surface area (Å²) in [4.78, 5) is 0. The van der Waals surface area contributed by atoms with Gasteiger partial charge in [0.1, 0.15) is 0 Å². The monoisotopic (exact) mass is 334 g/mol. The number of nitrogens with zero attached hydrogens (tertiary/aromatic N) is 1. The lowest BCUT2D eigenvalue weighted by Gasteiger charge is -2.63. The van der Waals surface area contributed by atoms with Crippen LogP contribution in [0.2, 0.25) is 0 Å². The molecule has 4 saturated carbocycles. The summed E-state index contributed by atoms with van der Waals surface area (Å²) >= 11 is 0. The molecule has 0 aliphatic heterocycles. The normalized spacial score (nSPS) is 57.4. The molecule has 24 heavy (non-hydrogen) atoms. The number of nitrogens with two attached hydrogens (primary N) is 1. The minimum absolute atomic E-state index is 0.0750. The van der Waals surface area contributed by atoms with Crippen molar-refractivity contribution in [1.82, 2.24) is 0 Å². The molecule has 0 radical (unpaired) electrons. The van der Waals surface area contributed by atoms with Gasteiger partial charge in [0.05, 0.1) is 11.7 Å². The fourth-order valence-electron chi connectivity index (χ4n) is 7.59. The summed E-state index contributed by atoms with van der Waals surface area (Å²) in [5, 5.41) is 25.8. The maximum absolute atomic E-state index is 11.9. The van der Waals surface area contributed by atoms with Crippen molar-refractivity contribution in [3.05, 3.63) is 0 Å². The molecule has 0 spiro atoms. The standard InChI is InChI=1S/C20H34N2O2/c1-18-8-6-15(23)11-13(18)3-4-17-16(18)7-9-19(2)14(12-22-21)5-10-20(17,19)24/h12-17,23-24H,3-11,21H2,1-2H3/b22-12-/t13-,14-,15+,16+,17-,18+,19-,20+/m1/s1. The van der Waals surface area contributed by atoms with Gasteiger partial charge in [-0.2, -0.15) is 5.10 Å². The smallest absolute Gasteiger partial charge is 0.0738 e. The van der Waals surface area contributed by atoms with Gasteiger partial charge in [-0.3, -0.25) is 0 Å². The third-order valence-electron chi connectivity index (χ3n) is 9.16. The summed E-state index contributed by atoms with van der Waals surface area (Å²) < 4.78 is 0. The van der Waals surface area contributed by atoms with Crippen LogP contribution in [0.5, 0.6) is 0 Å². The molecule has 4 aliphatic rings. The van der Waals surface area contributed by atoms with E-state index >= 15 is 0 Å². The molecule has 0 saturated heterocycles. The molecule has 0 unspecified atom stereocenters. The van der Waals surface area contributed by atoms with Crippen LogP contribution in [0, 0.1) is 34.5 Å². The highest BCUT2D eigenvalue weighted by Gasteiger charge is 2.66. The van der Waals surface area contributed by atoms with E-state index in [9.17, 15) is 10.2 Å². The van der Waals surface area contributed by atoms with Crippen LogP contribution in [0.15, 0.2) is 5.10 Å². The molecule has 8 atom stereocenters. The Morgan fingerprint density at radius 2 is 1.79 bits per heavy atom. The highest BCUT2D eigenvalue weighted by atomic mass is 16.3. The first kappa shape index (κ1) is 16.8. The lowest BCUT2D eigenvalue weighted by molar-refractivity contribution is -0.206. The molecule has 136 valence electrons. The van der Waals surface area contributed by atoms with E-state index in [0.717, 1.165) is 44.9 Å². The number of aliphatic hydroxyl groups excluding tert-OH is 1. The van der Waals surface area contributed by atoms with Crippen LogP contribution in [0.3, 0.4) is 0 Å². The molecule has 0 aromatic carbocycles. The predicted octanol–water partition coefficient (Wildman–Crippen LogP) is 3.07. The summed E-state index contributed by atoms with van der Waals surface area (Å²) in [7, 11) is 0. The van der Waals surface area contributed by atoms with Gasteiger partial charge < -0.3 is 16.1 Å². The molecule has 4 nitrogen and oxygen atoms in total. The molecular weight excluding hydrogens is 300 g/mol. The van der Waals surface area contributed by atoms with Crippen LogP contribution in [0.1, 0.15) is 71.6 Å². The molecule has 4 heteroatoms. The molecule has 0 heterocycles. The van der Waals surface area contributed by atoms with Crippen LogP contribution in [-0.4, -0.2) is 28.1 Å². The van der Waals surface area contributed by atoms with E-state index in [-0.39, 0.29) is 11.5 Å². The van der Waals surface area contributed by atoms with Crippen molar-refractivity contribution < 1.29 is 10.2 Å². The lowest BCUT2D eigenvalue weighted by atomic mass is 9.43. The first-order chi connectivity index (χ1) is 11.3. The van der Waals surface area contributed by atoms with E-state index in [0.29, 0.717) is 29.1 Å². The van der Waals surface area contributed by atoms with E-state index in [1.807, 2.05) is 6.21 Å². The Labute approximate surface area is 145 Å². The highest BCUT2D eigenvalue weighted by molar-refractivity contribution is 5.63. The molecule has 4 aliphatic carbocycles. The van der Waals surface area contributed by atoms with Crippen molar-refractivity contribution in [2.24, 2.45) is 45.4 Å². The van der Waals surface area contributed by atoms with Crippen LogP contribution >= 0.6 is 0 Å². The largest absolute Gasteiger partial charge is 0.393 e. The van der Waals surface area contributed by atoms with Crippen molar-refractivity contribution in [3.8, 4) is 0 Å². The van der Waals surface area contributed by atoms with Gasteiger partial charge in [-0.25, -0.2) is 0 Å². The molecule has 0 aromatic rings. The summed E-state index contributed by atoms with van der Waals surface area (Å²) in [5.41, 5.74) is -0.334. The van der Waals surface area contributed by atoms with Crippen LogP contribution in [-0.2, 0) is 0 Å². The van der Waals surface area contributed by atoms with E-state index in [2.05, 4.69) is 18.9 Å². The number of rotatable bonds is 1. The second-order valence-electron chi connectivity index (χ2n) is 9.74. The topological polar surface area (TPSA) is 78.8 Å². The predicted molar refractivity (Wildman–Crippen MR) is 95.4 cm³/mol. The average molecular weight is 335 g/mol. The Morgan fingerprint density at radius 3 is 2.54 bits per heavy atom.